The molecule has 1 aliphatic heterocycles. The molecule has 2 fully saturated rings. The van der Waals surface area contributed by atoms with Crippen LogP contribution in [0.5, 0.6) is 0 Å². The van der Waals surface area contributed by atoms with Crippen molar-refractivity contribution in [2.75, 3.05) is 13.2 Å². The van der Waals surface area contributed by atoms with Crippen LogP contribution < -0.4 is 5.73 Å². The summed E-state index contributed by atoms with van der Waals surface area (Å²) in [5, 5.41) is 0. The summed E-state index contributed by atoms with van der Waals surface area (Å²) >= 11 is 0. The third-order valence-electron chi connectivity index (χ3n) is 5.24. The monoisotopic (exact) mass is 253 g/mol. The van der Waals surface area contributed by atoms with Crippen LogP contribution in [0.2, 0.25) is 0 Å². The van der Waals surface area contributed by atoms with Crippen LogP contribution in [-0.2, 0) is 4.74 Å². The van der Waals surface area contributed by atoms with Gasteiger partial charge in [-0.25, -0.2) is 0 Å². The van der Waals surface area contributed by atoms with Crippen LogP contribution >= 0.6 is 0 Å². The Morgan fingerprint density at radius 3 is 2.11 bits per heavy atom. The molecule has 1 saturated carbocycles. The Morgan fingerprint density at radius 1 is 1.06 bits per heavy atom. The Hall–Kier alpha value is -0.0800. The third kappa shape index (κ3) is 3.71. The molecule has 2 heteroatoms. The molecule has 2 nitrogen and oxygen atoms in total. The van der Waals surface area contributed by atoms with Crippen LogP contribution in [0.4, 0.5) is 0 Å². The average molecular weight is 253 g/mol. The van der Waals surface area contributed by atoms with Crippen LogP contribution in [0.1, 0.15) is 65.7 Å². The van der Waals surface area contributed by atoms with Crippen LogP contribution in [0.15, 0.2) is 0 Å². The maximum atomic E-state index is 6.65. The van der Waals surface area contributed by atoms with E-state index in [0.717, 1.165) is 25.0 Å². The lowest BCUT2D eigenvalue weighted by atomic mass is 9.65. The number of nitrogens with two attached hydrogens (primary N) is 1. The Labute approximate surface area is 113 Å². The first-order valence-electron chi connectivity index (χ1n) is 7.76. The Kier molecular flexibility index (Phi) is 4.38. The molecule has 0 unspecified atom stereocenters. The molecule has 1 heterocycles. The maximum Gasteiger partial charge on any atom is 0.0468 e. The second kappa shape index (κ2) is 5.50. The summed E-state index contributed by atoms with van der Waals surface area (Å²) < 4.78 is 5.44. The molecule has 2 rings (SSSR count). The fourth-order valence-electron chi connectivity index (χ4n) is 3.79. The van der Waals surface area contributed by atoms with Crippen LogP contribution in [0.25, 0.3) is 0 Å². The fourth-order valence-corrected chi connectivity index (χ4v) is 3.79. The van der Waals surface area contributed by atoms with E-state index in [-0.39, 0.29) is 5.54 Å². The second-order valence-corrected chi connectivity index (χ2v) is 7.76. The van der Waals surface area contributed by atoms with E-state index in [1.165, 1.54) is 44.9 Å². The normalized spacial score (nSPS) is 35.7. The first kappa shape index (κ1) is 14.3. The summed E-state index contributed by atoms with van der Waals surface area (Å²) in [5.74, 6) is 1.68. The number of hydrogen-bond acceptors (Lipinski definition) is 2. The van der Waals surface area contributed by atoms with Crippen molar-refractivity contribution in [1.29, 1.82) is 0 Å². The van der Waals surface area contributed by atoms with E-state index in [1.54, 1.807) is 0 Å². The molecular formula is C16H31NO. The van der Waals surface area contributed by atoms with E-state index in [4.69, 9.17) is 10.5 Å². The van der Waals surface area contributed by atoms with Gasteiger partial charge in [-0.15, -0.1) is 0 Å². The van der Waals surface area contributed by atoms with Gasteiger partial charge in [-0.3, -0.25) is 0 Å². The van der Waals surface area contributed by atoms with E-state index < -0.39 is 0 Å². The summed E-state index contributed by atoms with van der Waals surface area (Å²) in [7, 11) is 0. The second-order valence-electron chi connectivity index (χ2n) is 7.76. The minimum Gasteiger partial charge on any atom is -0.381 e. The Balaban J connectivity index is 1.83. The van der Waals surface area contributed by atoms with E-state index in [0.29, 0.717) is 5.41 Å². The molecule has 0 radical (unpaired) electrons. The SMILES string of the molecule is CC(C)(C)C1CCC(N)(CC2CCOCC2)CC1. The number of ether oxygens (including phenoxy) is 1. The molecule has 0 atom stereocenters. The van der Waals surface area contributed by atoms with Gasteiger partial charge in [0.2, 0.25) is 0 Å². The van der Waals surface area contributed by atoms with E-state index in [1.807, 2.05) is 0 Å². The zero-order valence-corrected chi connectivity index (χ0v) is 12.5. The molecule has 2 N–H and O–H groups in total. The van der Waals surface area contributed by atoms with Crippen LogP contribution in [0.3, 0.4) is 0 Å². The molecule has 0 spiro atoms. The van der Waals surface area contributed by atoms with Crippen molar-refractivity contribution in [2.45, 2.75) is 71.3 Å². The van der Waals surface area contributed by atoms with Gasteiger partial charge in [-0.05, 0) is 62.2 Å². The average Bonchev–Trinajstić information content (AvgIpc) is 2.29. The van der Waals surface area contributed by atoms with Crippen molar-refractivity contribution in [3.63, 3.8) is 0 Å². The van der Waals surface area contributed by atoms with Crippen LogP contribution in [-0.4, -0.2) is 18.8 Å². The van der Waals surface area contributed by atoms with E-state index in [9.17, 15) is 0 Å². The molecule has 2 aliphatic rings. The summed E-state index contributed by atoms with van der Waals surface area (Å²) in [6.07, 6.45) is 8.78. The maximum absolute atomic E-state index is 6.65. The van der Waals surface area contributed by atoms with Gasteiger partial charge >= 0.3 is 0 Å². The summed E-state index contributed by atoms with van der Waals surface area (Å²) in [5.41, 5.74) is 7.24. The Morgan fingerprint density at radius 2 is 1.61 bits per heavy atom. The first-order chi connectivity index (χ1) is 8.39. The predicted molar refractivity (Wildman–Crippen MR) is 76.5 cm³/mol. The van der Waals surface area contributed by atoms with Gasteiger partial charge in [-0.2, -0.15) is 0 Å². The first-order valence-corrected chi connectivity index (χ1v) is 7.76. The van der Waals surface area contributed by atoms with E-state index >= 15 is 0 Å². The van der Waals surface area contributed by atoms with Crippen molar-refractivity contribution in [3.8, 4) is 0 Å². The van der Waals surface area contributed by atoms with Gasteiger partial charge in [0.25, 0.3) is 0 Å². The molecule has 0 aromatic heterocycles. The molecule has 0 bridgehead atoms. The molecule has 18 heavy (non-hydrogen) atoms. The molecule has 0 aromatic carbocycles. The molecule has 0 amide bonds. The largest absolute Gasteiger partial charge is 0.381 e. The Bertz CT molecular complexity index is 255. The van der Waals surface area contributed by atoms with Gasteiger partial charge in [-0.1, -0.05) is 20.8 Å². The summed E-state index contributed by atoms with van der Waals surface area (Å²) in [6.45, 7) is 9.02. The highest BCUT2D eigenvalue weighted by molar-refractivity contribution is 4.94. The standard InChI is InChI=1S/C16H31NO/c1-15(2,3)14-4-8-16(17,9-5-14)12-13-6-10-18-11-7-13/h13-14H,4-12,17H2,1-3H3. The summed E-state index contributed by atoms with van der Waals surface area (Å²) in [6, 6.07) is 0. The van der Waals surface area contributed by atoms with Gasteiger partial charge in [0, 0.05) is 18.8 Å². The van der Waals surface area contributed by atoms with Crippen molar-refractivity contribution in [2.24, 2.45) is 23.0 Å². The molecule has 106 valence electrons. The highest BCUT2D eigenvalue weighted by atomic mass is 16.5. The lowest BCUT2D eigenvalue weighted by Gasteiger charge is -2.44. The number of rotatable bonds is 2. The topological polar surface area (TPSA) is 35.2 Å². The van der Waals surface area contributed by atoms with Crippen molar-refractivity contribution in [1.82, 2.24) is 0 Å². The summed E-state index contributed by atoms with van der Waals surface area (Å²) in [4.78, 5) is 0. The third-order valence-corrected chi connectivity index (χ3v) is 5.24. The predicted octanol–water partition coefficient (Wildman–Crippen LogP) is 3.74. The number of hydrogen-bond donors (Lipinski definition) is 1. The molecule has 0 aromatic rings. The zero-order valence-electron chi connectivity index (χ0n) is 12.5. The minimum absolute atomic E-state index is 0.129. The fraction of sp³-hybridized carbons (Fsp3) is 1.00. The molecular weight excluding hydrogens is 222 g/mol. The van der Waals surface area contributed by atoms with Gasteiger partial charge in [0.1, 0.15) is 0 Å². The van der Waals surface area contributed by atoms with Gasteiger partial charge in [0.05, 0.1) is 0 Å². The highest BCUT2D eigenvalue weighted by Gasteiger charge is 2.37. The van der Waals surface area contributed by atoms with Crippen molar-refractivity contribution >= 4 is 0 Å². The van der Waals surface area contributed by atoms with Crippen molar-refractivity contribution in [3.05, 3.63) is 0 Å². The van der Waals surface area contributed by atoms with Gasteiger partial charge in [0.15, 0.2) is 0 Å². The minimum atomic E-state index is 0.129. The zero-order chi connectivity index (χ0) is 13.2. The van der Waals surface area contributed by atoms with E-state index in [2.05, 4.69) is 20.8 Å². The molecule has 1 aliphatic carbocycles. The van der Waals surface area contributed by atoms with Crippen LogP contribution in [0, 0.1) is 17.3 Å². The van der Waals surface area contributed by atoms with Crippen molar-refractivity contribution < 1.29 is 4.74 Å². The lowest BCUT2D eigenvalue weighted by molar-refractivity contribution is 0.0464. The lowest BCUT2D eigenvalue weighted by Crippen LogP contribution is -2.46. The quantitative estimate of drug-likeness (QED) is 0.813. The smallest absolute Gasteiger partial charge is 0.0468 e. The molecule has 1 saturated heterocycles. The van der Waals surface area contributed by atoms with Gasteiger partial charge < -0.3 is 10.5 Å². The highest BCUT2D eigenvalue weighted by Crippen LogP contribution is 2.43.